The van der Waals surface area contributed by atoms with Gasteiger partial charge in [0.2, 0.25) is 5.78 Å². The Morgan fingerprint density at radius 2 is 1.82 bits per heavy atom. The van der Waals surface area contributed by atoms with Gasteiger partial charge in [-0.15, -0.1) is 11.3 Å². The number of carbonyl (C=O) groups is 2. The molecule has 3 heterocycles. The van der Waals surface area contributed by atoms with Crippen LogP contribution in [-0.2, 0) is 4.79 Å². The molecule has 6 nitrogen and oxygen atoms in total. The Morgan fingerprint density at radius 3 is 2.48 bits per heavy atom. The quantitative estimate of drug-likeness (QED) is 0.475. The SMILES string of the molecule is Cc1ccc(C2C(C(=O)c3sc(-c4ccccc4)nc3C)=C(O)C(=O)N2C2CCCCC2)o1. The van der Waals surface area contributed by atoms with Crippen LogP contribution in [0.15, 0.2) is 58.2 Å². The summed E-state index contributed by atoms with van der Waals surface area (Å²) in [4.78, 5) is 33.8. The van der Waals surface area contributed by atoms with Crippen molar-refractivity contribution in [3.63, 3.8) is 0 Å². The Morgan fingerprint density at radius 1 is 1.09 bits per heavy atom. The number of benzene rings is 1. The van der Waals surface area contributed by atoms with Gasteiger partial charge in [0.15, 0.2) is 5.76 Å². The summed E-state index contributed by atoms with van der Waals surface area (Å²) in [6.07, 6.45) is 4.90. The van der Waals surface area contributed by atoms with Gasteiger partial charge in [-0.2, -0.15) is 0 Å². The molecule has 3 aromatic rings. The van der Waals surface area contributed by atoms with Crippen LogP contribution in [0.25, 0.3) is 10.6 Å². The Kier molecular flexibility index (Phi) is 5.66. The maximum atomic E-state index is 13.8. The molecule has 33 heavy (non-hydrogen) atoms. The normalized spacial score (nSPS) is 19.5. The number of carbonyl (C=O) groups excluding carboxylic acids is 2. The number of furan rings is 1. The van der Waals surface area contributed by atoms with Crippen molar-refractivity contribution >= 4 is 23.0 Å². The molecular weight excluding hydrogens is 436 g/mol. The van der Waals surface area contributed by atoms with Crippen molar-refractivity contribution in [3.8, 4) is 10.6 Å². The Hall–Kier alpha value is -3.19. The van der Waals surface area contributed by atoms with Crippen LogP contribution in [0.3, 0.4) is 0 Å². The maximum Gasteiger partial charge on any atom is 0.290 e. The smallest absolute Gasteiger partial charge is 0.290 e. The van der Waals surface area contributed by atoms with Crippen molar-refractivity contribution in [3.05, 3.63) is 75.9 Å². The summed E-state index contributed by atoms with van der Waals surface area (Å²) in [6, 6.07) is 12.5. The van der Waals surface area contributed by atoms with E-state index in [-0.39, 0.29) is 17.4 Å². The fraction of sp³-hybridized carbons (Fsp3) is 0.346. The van der Waals surface area contributed by atoms with E-state index < -0.39 is 17.7 Å². The zero-order chi connectivity index (χ0) is 23.1. The first-order chi connectivity index (χ1) is 16.0. The van der Waals surface area contributed by atoms with Crippen LogP contribution in [0.1, 0.15) is 65.0 Å². The predicted octanol–water partition coefficient (Wildman–Crippen LogP) is 5.93. The highest BCUT2D eigenvalue weighted by Gasteiger charge is 2.48. The minimum absolute atomic E-state index is 0.0310. The highest BCUT2D eigenvalue weighted by Crippen LogP contribution is 2.44. The summed E-state index contributed by atoms with van der Waals surface area (Å²) in [5.74, 6) is -0.132. The molecule has 0 spiro atoms. The lowest BCUT2D eigenvalue weighted by Crippen LogP contribution is -2.41. The van der Waals surface area contributed by atoms with Crippen LogP contribution in [0.5, 0.6) is 0 Å². The van der Waals surface area contributed by atoms with Crippen molar-refractivity contribution in [2.75, 3.05) is 0 Å². The minimum atomic E-state index is -0.733. The van der Waals surface area contributed by atoms with E-state index in [0.29, 0.717) is 22.1 Å². The molecule has 1 atom stereocenters. The number of rotatable bonds is 5. The molecule has 7 heteroatoms. The van der Waals surface area contributed by atoms with Gasteiger partial charge in [0.05, 0.1) is 16.1 Å². The van der Waals surface area contributed by atoms with E-state index in [1.165, 1.54) is 11.3 Å². The summed E-state index contributed by atoms with van der Waals surface area (Å²) in [6.45, 7) is 3.62. The van der Waals surface area contributed by atoms with Crippen molar-refractivity contribution in [1.82, 2.24) is 9.88 Å². The van der Waals surface area contributed by atoms with Crippen molar-refractivity contribution in [1.29, 1.82) is 0 Å². The molecule has 1 aromatic carbocycles. The molecule has 1 amide bonds. The number of nitrogens with zero attached hydrogens (tertiary/aromatic N) is 2. The lowest BCUT2D eigenvalue weighted by Gasteiger charge is -2.35. The topological polar surface area (TPSA) is 83.6 Å². The first-order valence-corrected chi connectivity index (χ1v) is 12.2. The number of hydrogen-bond donors (Lipinski definition) is 1. The first kappa shape index (κ1) is 21.6. The molecule has 0 radical (unpaired) electrons. The van der Waals surface area contributed by atoms with Crippen LogP contribution in [0, 0.1) is 13.8 Å². The summed E-state index contributed by atoms with van der Waals surface area (Å²) in [5.41, 5.74) is 1.60. The molecule has 0 saturated heterocycles. The fourth-order valence-electron chi connectivity index (χ4n) is 4.90. The number of Topliss-reactive ketones (excluding diaryl/α,β-unsaturated/α-hetero) is 1. The molecule has 1 N–H and O–H groups in total. The van der Waals surface area contributed by atoms with Crippen molar-refractivity contribution in [2.24, 2.45) is 0 Å². The average Bonchev–Trinajstić information content (AvgIpc) is 3.51. The zero-order valence-corrected chi connectivity index (χ0v) is 19.5. The van der Waals surface area contributed by atoms with Crippen LogP contribution in [0.4, 0.5) is 0 Å². The monoisotopic (exact) mass is 462 g/mol. The number of hydrogen-bond acceptors (Lipinski definition) is 6. The molecule has 2 aliphatic rings. The number of ketones is 1. The van der Waals surface area contributed by atoms with Crippen LogP contribution in [0.2, 0.25) is 0 Å². The Bertz CT molecular complexity index is 1230. The molecule has 1 aliphatic carbocycles. The van der Waals surface area contributed by atoms with Crippen LogP contribution < -0.4 is 0 Å². The lowest BCUT2D eigenvalue weighted by atomic mass is 9.92. The fourth-order valence-corrected chi connectivity index (χ4v) is 5.93. The van der Waals surface area contributed by atoms with Gasteiger partial charge in [-0.3, -0.25) is 9.59 Å². The number of aliphatic hydroxyl groups excluding tert-OH is 1. The van der Waals surface area contributed by atoms with E-state index in [4.69, 9.17) is 4.42 Å². The number of aromatic nitrogens is 1. The number of thiazole rings is 1. The largest absolute Gasteiger partial charge is 0.503 e. The average molecular weight is 463 g/mol. The standard InChI is InChI=1S/C26H26N2O4S/c1-15-13-14-19(32-15)21-20(23(30)26(31)28(21)18-11-7-4-8-12-18)22(29)24-16(2)27-25(33-24)17-9-5-3-6-10-17/h3,5-6,9-10,13-14,18,21,30H,4,7-8,11-12H2,1-2H3. The Labute approximate surface area is 196 Å². The first-order valence-electron chi connectivity index (χ1n) is 11.4. The number of aliphatic hydroxyl groups is 1. The van der Waals surface area contributed by atoms with Gasteiger partial charge in [-0.1, -0.05) is 49.6 Å². The highest BCUT2D eigenvalue weighted by atomic mass is 32.1. The number of aryl methyl sites for hydroxylation is 2. The van der Waals surface area contributed by atoms with Gasteiger partial charge in [0.1, 0.15) is 22.6 Å². The molecule has 170 valence electrons. The van der Waals surface area contributed by atoms with E-state index >= 15 is 0 Å². The molecule has 1 aliphatic heterocycles. The summed E-state index contributed by atoms with van der Waals surface area (Å²) < 4.78 is 5.90. The molecule has 1 saturated carbocycles. The minimum Gasteiger partial charge on any atom is -0.503 e. The molecule has 0 bridgehead atoms. The summed E-state index contributed by atoms with van der Waals surface area (Å²) in [5, 5.41) is 11.7. The maximum absolute atomic E-state index is 13.8. The second kappa shape index (κ2) is 8.63. The van der Waals surface area contributed by atoms with Gasteiger partial charge >= 0.3 is 0 Å². The molecule has 1 unspecified atom stereocenters. The van der Waals surface area contributed by atoms with Gasteiger partial charge < -0.3 is 14.4 Å². The van der Waals surface area contributed by atoms with E-state index in [2.05, 4.69) is 4.98 Å². The molecule has 1 fully saturated rings. The molecular formula is C26H26N2O4S. The summed E-state index contributed by atoms with van der Waals surface area (Å²) >= 11 is 1.28. The third-order valence-corrected chi connectivity index (χ3v) is 7.72. The van der Waals surface area contributed by atoms with Gasteiger partial charge in [-0.05, 0) is 38.8 Å². The van der Waals surface area contributed by atoms with Gasteiger partial charge in [0.25, 0.3) is 5.91 Å². The second-order valence-corrected chi connectivity index (χ2v) is 9.75. The van der Waals surface area contributed by atoms with E-state index in [9.17, 15) is 14.7 Å². The van der Waals surface area contributed by atoms with Crippen LogP contribution in [-0.4, -0.2) is 32.7 Å². The van der Waals surface area contributed by atoms with E-state index in [1.54, 1.807) is 17.9 Å². The lowest BCUT2D eigenvalue weighted by molar-refractivity contribution is -0.132. The van der Waals surface area contributed by atoms with Crippen molar-refractivity contribution in [2.45, 2.75) is 58.0 Å². The van der Waals surface area contributed by atoms with Gasteiger partial charge in [0, 0.05) is 11.6 Å². The number of amides is 1. The predicted molar refractivity (Wildman–Crippen MR) is 126 cm³/mol. The third kappa shape index (κ3) is 3.80. The van der Waals surface area contributed by atoms with Gasteiger partial charge in [-0.25, -0.2) is 4.98 Å². The third-order valence-electron chi connectivity index (χ3n) is 6.51. The second-order valence-electron chi connectivity index (χ2n) is 8.75. The molecule has 5 rings (SSSR count). The van der Waals surface area contributed by atoms with E-state index in [0.717, 1.165) is 42.7 Å². The van der Waals surface area contributed by atoms with Crippen LogP contribution >= 0.6 is 11.3 Å². The highest BCUT2D eigenvalue weighted by molar-refractivity contribution is 7.17. The zero-order valence-electron chi connectivity index (χ0n) is 18.7. The van der Waals surface area contributed by atoms with Crippen molar-refractivity contribution < 1.29 is 19.1 Å². The molecule has 2 aromatic heterocycles. The summed E-state index contributed by atoms with van der Waals surface area (Å²) in [7, 11) is 0. The van der Waals surface area contributed by atoms with E-state index in [1.807, 2.05) is 43.3 Å². The Balaban J connectivity index is 1.57.